The van der Waals surface area contributed by atoms with Crippen LogP contribution in [0.4, 0.5) is 0 Å². The summed E-state index contributed by atoms with van der Waals surface area (Å²) in [6.45, 7) is 7.12. The monoisotopic (exact) mass is 312 g/mol. The summed E-state index contributed by atoms with van der Waals surface area (Å²) in [4.78, 5) is 0.261. The van der Waals surface area contributed by atoms with Crippen LogP contribution in [0.5, 0.6) is 0 Å². The third-order valence-corrected chi connectivity index (χ3v) is 6.57. The van der Waals surface area contributed by atoms with Gasteiger partial charge in [-0.3, -0.25) is 0 Å². The van der Waals surface area contributed by atoms with Crippen molar-refractivity contribution in [2.75, 3.05) is 20.1 Å². The Kier molecular flexibility index (Phi) is 4.80. The van der Waals surface area contributed by atoms with Crippen LogP contribution in [0, 0.1) is 5.92 Å². The highest BCUT2D eigenvalue weighted by Crippen LogP contribution is 2.26. The van der Waals surface area contributed by atoms with Gasteiger partial charge in [0, 0.05) is 31.0 Å². The molecule has 2 atom stereocenters. The van der Waals surface area contributed by atoms with E-state index >= 15 is 0 Å². The Morgan fingerprint density at radius 1 is 1.44 bits per heavy atom. The van der Waals surface area contributed by atoms with E-state index in [0.29, 0.717) is 19.0 Å². The SMILES string of the molecule is CC1CCN(S(=O)(=O)N(C)C(C)C)CC1Br. The Morgan fingerprint density at radius 2 is 2.00 bits per heavy atom. The quantitative estimate of drug-likeness (QED) is 0.744. The number of rotatable bonds is 3. The second-order valence-corrected chi connectivity index (χ2v) is 7.92. The Bertz CT molecular complexity index is 332. The Morgan fingerprint density at radius 3 is 2.44 bits per heavy atom. The molecule has 2 unspecified atom stereocenters. The van der Waals surface area contributed by atoms with Crippen molar-refractivity contribution in [3.05, 3.63) is 0 Å². The van der Waals surface area contributed by atoms with Gasteiger partial charge in [-0.25, -0.2) is 0 Å². The number of nitrogens with zero attached hydrogens (tertiary/aromatic N) is 2. The zero-order chi connectivity index (χ0) is 12.5. The summed E-state index contributed by atoms with van der Waals surface area (Å²) in [6, 6.07) is -0.00174. The Labute approximate surface area is 107 Å². The molecule has 96 valence electrons. The third kappa shape index (κ3) is 2.97. The smallest absolute Gasteiger partial charge is 0.195 e. The maximum absolute atomic E-state index is 12.2. The van der Waals surface area contributed by atoms with Crippen molar-refractivity contribution in [2.24, 2.45) is 5.92 Å². The molecule has 0 radical (unpaired) electrons. The molecule has 4 nitrogen and oxygen atoms in total. The van der Waals surface area contributed by atoms with Gasteiger partial charge in [-0.1, -0.05) is 22.9 Å². The fourth-order valence-electron chi connectivity index (χ4n) is 1.65. The summed E-state index contributed by atoms with van der Waals surface area (Å²) in [5, 5.41) is 0. The van der Waals surface area contributed by atoms with E-state index in [9.17, 15) is 8.42 Å². The molecule has 0 saturated carbocycles. The van der Waals surface area contributed by atoms with Gasteiger partial charge in [-0.15, -0.1) is 0 Å². The third-order valence-electron chi connectivity index (χ3n) is 3.25. The molecule has 16 heavy (non-hydrogen) atoms. The highest BCUT2D eigenvalue weighted by molar-refractivity contribution is 9.09. The molecule has 0 bridgehead atoms. The van der Waals surface area contributed by atoms with Gasteiger partial charge in [0.15, 0.2) is 0 Å². The summed E-state index contributed by atoms with van der Waals surface area (Å²) in [5.41, 5.74) is 0. The molecule has 1 aliphatic heterocycles. The first kappa shape index (κ1) is 14.4. The van der Waals surface area contributed by atoms with Crippen LogP contribution in [-0.2, 0) is 10.2 Å². The van der Waals surface area contributed by atoms with Crippen LogP contribution < -0.4 is 0 Å². The molecule has 1 saturated heterocycles. The summed E-state index contributed by atoms with van der Waals surface area (Å²) in [6.07, 6.45) is 0.918. The highest BCUT2D eigenvalue weighted by Gasteiger charge is 2.34. The molecule has 0 aromatic rings. The van der Waals surface area contributed by atoms with Crippen LogP contribution in [0.3, 0.4) is 0 Å². The van der Waals surface area contributed by atoms with Crippen LogP contribution in [0.1, 0.15) is 27.2 Å². The van der Waals surface area contributed by atoms with E-state index < -0.39 is 10.2 Å². The maximum atomic E-state index is 12.2. The topological polar surface area (TPSA) is 40.6 Å². The van der Waals surface area contributed by atoms with Crippen molar-refractivity contribution in [3.8, 4) is 0 Å². The minimum Gasteiger partial charge on any atom is -0.195 e. The van der Waals surface area contributed by atoms with Crippen LogP contribution in [0.15, 0.2) is 0 Å². The van der Waals surface area contributed by atoms with Gasteiger partial charge in [0.05, 0.1) is 0 Å². The molecule has 1 fully saturated rings. The van der Waals surface area contributed by atoms with E-state index in [0.717, 1.165) is 6.42 Å². The largest absolute Gasteiger partial charge is 0.281 e. The second kappa shape index (κ2) is 5.33. The lowest BCUT2D eigenvalue weighted by molar-refractivity contribution is 0.272. The van der Waals surface area contributed by atoms with Gasteiger partial charge in [0.25, 0.3) is 10.2 Å². The van der Waals surface area contributed by atoms with Crippen molar-refractivity contribution in [1.29, 1.82) is 0 Å². The number of alkyl halides is 1. The molecule has 0 N–H and O–H groups in total. The average Bonchev–Trinajstić information content (AvgIpc) is 2.20. The molecule has 1 heterocycles. The lowest BCUT2D eigenvalue weighted by atomic mass is 10.0. The first-order chi connectivity index (χ1) is 7.26. The first-order valence-electron chi connectivity index (χ1n) is 5.64. The zero-order valence-electron chi connectivity index (χ0n) is 10.4. The van der Waals surface area contributed by atoms with Crippen LogP contribution >= 0.6 is 15.9 Å². The molecule has 0 aromatic heterocycles. The first-order valence-corrected chi connectivity index (χ1v) is 7.95. The van der Waals surface area contributed by atoms with E-state index in [2.05, 4.69) is 22.9 Å². The highest BCUT2D eigenvalue weighted by atomic mass is 79.9. The molecule has 0 aliphatic carbocycles. The minimum atomic E-state index is -3.28. The van der Waals surface area contributed by atoms with E-state index in [1.165, 1.54) is 4.31 Å². The van der Waals surface area contributed by atoms with Crippen molar-refractivity contribution >= 4 is 26.1 Å². The van der Waals surface area contributed by atoms with Crippen molar-refractivity contribution in [1.82, 2.24) is 8.61 Å². The van der Waals surface area contributed by atoms with E-state index in [-0.39, 0.29) is 10.9 Å². The van der Waals surface area contributed by atoms with Crippen molar-refractivity contribution in [2.45, 2.75) is 38.1 Å². The van der Waals surface area contributed by atoms with Gasteiger partial charge in [0.2, 0.25) is 0 Å². The lowest BCUT2D eigenvalue weighted by Gasteiger charge is -2.36. The lowest BCUT2D eigenvalue weighted by Crippen LogP contribution is -2.50. The maximum Gasteiger partial charge on any atom is 0.281 e. The predicted octanol–water partition coefficient (Wildman–Crippen LogP) is 1.68. The molecular weight excluding hydrogens is 292 g/mol. The van der Waals surface area contributed by atoms with Gasteiger partial charge >= 0.3 is 0 Å². The Hall–Kier alpha value is 0.350. The molecule has 0 aromatic carbocycles. The Balaban J connectivity index is 2.78. The predicted molar refractivity (Wildman–Crippen MR) is 69.9 cm³/mol. The van der Waals surface area contributed by atoms with Crippen LogP contribution in [0.25, 0.3) is 0 Å². The van der Waals surface area contributed by atoms with Gasteiger partial charge in [-0.05, 0) is 26.2 Å². The standard InChI is InChI=1S/C10H21BrN2O2S/c1-8(2)12(4)16(14,15)13-6-5-9(3)10(11)7-13/h8-10H,5-7H2,1-4H3. The zero-order valence-corrected chi connectivity index (χ0v) is 12.8. The van der Waals surface area contributed by atoms with Crippen molar-refractivity contribution in [3.63, 3.8) is 0 Å². The van der Waals surface area contributed by atoms with E-state index in [4.69, 9.17) is 0 Å². The number of hydrogen-bond acceptors (Lipinski definition) is 2. The van der Waals surface area contributed by atoms with Gasteiger partial charge in [-0.2, -0.15) is 17.0 Å². The summed E-state index contributed by atoms with van der Waals surface area (Å²) in [7, 11) is -1.64. The minimum absolute atomic E-state index is 0.00174. The second-order valence-electron chi connectivity index (χ2n) is 4.76. The fourth-order valence-corrected chi connectivity index (χ4v) is 4.04. The molecule has 1 rings (SSSR count). The van der Waals surface area contributed by atoms with Crippen LogP contribution in [-0.4, -0.2) is 48.0 Å². The molecule has 0 amide bonds. The molecule has 0 spiro atoms. The summed E-state index contributed by atoms with van der Waals surface area (Å²) >= 11 is 3.55. The average molecular weight is 313 g/mol. The van der Waals surface area contributed by atoms with Gasteiger partial charge in [0.1, 0.15) is 0 Å². The van der Waals surface area contributed by atoms with Gasteiger partial charge < -0.3 is 0 Å². The molecular formula is C10H21BrN2O2S. The molecule has 1 aliphatic rings. The van der Waals surface area contributed by atoms with E-state index in [1.807, 2.05) is 13.8 Å². The summed E-state index contributed by atoms with van der Waals surface area (Å²) < 4.78 is 27.4. The number of hydrogen-bond donors (Lipinski definition) is 0. The fraction of sp³-hybridized carbons (Fsp3) is 1.00. The number of halogens is 1. The van der Waals surface area contributed by atoms with Crippen molar-refractivity contribution < 1.29 is 8.42 Å². The number of piperidine rings is 1. The van der Waals surface area contributed by atoms with E-state index in [1.54, 1.807) is 11.4 Å². The summed E-state index contributed by atoms with van der Waals surface area (Å²) in [5.74, 6) is 0.538. The molecule has 6 heteroatoms. The normalized spacial score (nSPS) is 28.9. The van der Waals surface area contributed by atoms with Crippen LogP contribution in [0.2, 0.25) is 0 Å².